The molecule has 1 heterocycles. The third-order valence-electron chi connectivity index (χ3n) is 2.97. The Morgan fingerprint density at radius 3 is 2.36 bits per heavy atom. The zero-order valence-corrected chi connectivity index (χ0v) is 13.3. The van der Waals surface area contributed by atoms with Gasteiger partial charge in [-0.25, -0.2) is 17.2 Å². The van der Waals surface area contributed by atoms with E-state index in [1.165, 1.54) is 13.1 Å². The highest BCUT2D eigenvalue weighted by molar-refractivity contribution is 7.90. The van der Waals surface area contributed by atoms with Gasteiger partial charge in [0.1, 0.15) is 5.71 Å². The van der Waals surface area contributed by atoms with E-state index in [-0.39, 0.29) is 10.6 Å². The second-order valence-electron chi connectivity index (χ2n) is 4.77. The molecule has 0 spiro atoms. The number of oxime groups is 1. The first-order valence-corrected chi connectivity index (χ1v) is 7.98. The molecule has 0 radical (unpaired) electrons. The van der Waals surface area contributed by atoms with E-state index in [1.807, 2.05) is 6.92 Å². The smallest absolute Gasteiger partial charge is 0.318 e. The van der Waals surface area contributed by atoms with E-state index in [2.05, 4.69) is 9.99 Å². The molecule has 0 aliphatic rings. The molecular weight excluding hydrogens is 304 g/mol. The van der Waals surface area contributed by atoms with Crippen LogP contribution in [0.2, 0.25) is 0 Å². The van der Waals surface area contributed by atoms with Gasteiger partial charge in [0, 0.05) is 13.1 Å². The van der Waals surface area contributed by atoms with Crippen molar-refractivity contribution in [1.29, 1.82) is 0 Å². The van der Waals surface area contributed by atoms with Crippen LogP contribution in [-0.4, -0.2) is 24.1 Å². The van der Waals surface area contributed by atoms with Crippen molar-refractivity contribution in [2.75, 3.05) is 0 Å². The van der Waals surface area contributed by atoms with Crippen LogP contribution in [0.25, 0.3) is 0 Å². The van der Waals surface area contributed by atoms with Gasteiger partial charge in [0.05, 0.1) is 10.6 Å². The second-order valence-corrected chi connectivity index (χ2v) is 6.58. The lowest BCUT2D eigenvalue weighted by molar-refractivity contribution is -0.140. The van der Waals surface area contributed by atoms with Gasteiger partial charge in [0.25, 0.3) is 10.0 Å². The van der Waals surface area contributed by atoms with Gasteiger partial charge in [0.2, 0.25) is 0 Å². The summed E-state index contributed by atoms with van der Waals surface area (Å²) in [6, 6.07) is 9.74. The summed E-state index contributed by atoms with van der Waals surface area (Å²) in [6.45, 7) is 4.67. The molecule has 2 aromatic rings. The molecule has 0 saturated heterocycles. The summed E-state index contributed by atoms with van der Waals surface area (Å²) in [6.07, 6.45) is 1.43. The number of nitrogens with zero attached hydrogens (tertiary/aromatic N) is 2. The summed E-state index contributed by atoms with van der Waals surface area (Å²) in [5.41, 5.74) is 1.59. The van der Waals surface area contributed by atoms with Gasteiger partial charge < -0.3 is 4.84 Å². The summed E-state index contributed by atoms with van der Waals surface area (Å²) in [5, 5.41) is 3.63. The van der Waals surface area contributed by atoms with Crippen molar-refractivity contribution in [2.24, 2.45) is 5.16 Å². The van der Waals surface area contributed by atoms with Crippen molar-refractivity contribution in [1.82, 2.24) is 3.97 Å². The van der Waals surface area contributed by atoms with E-state index in [9.17, 15) is 13.2 Å². The SMILES string of the molecule is CC(=O)O/N=C(\C)c1cccn1S(=O)(=O)c1ccc(C)cc1. The first-order valence-electron chi connectivity index (χ1n) is 6.54. The number of hydrogen-bond acceptors (Lipinski definition) is 5. The van der Waals surface area contributed by atoms with Crippen LogP contribution in [0.1, 0.15) is 25.1 Å². The van der Waals surface area contributed by atoms with Crippen molar-refractivity contribution in [3.63, 3.8) is 0 Å². The Bertz CT molecular complexity index is 817. The van der Waals surface area contributed by atoms with Crippen LogP contribution in [0.15, 0.2) is 52.6 Å². The van der Waals surface area contributed by atoms with Gasteiger partial charge >= 0.3 is 5.97 Å². The molecule has 7 heteroatoms. The molecule has 0 amide bonds. The van der Waals surface area contributed by atoms with Gasteiger partial charge in [-0.1, -0.05) is 22.9 Å². The number of rotatable bonds is 4. The normalized spacial score (nSPS) is 12.2. The average molecular weight is 320 g/mol. The molecule has 2 rings (SSSR count). The maximum atomic E-state index is 12.7. The van der Waals surface area contributed by atoms with Crippen LogP contribution >= 0.6 is 0 Å². The predicted molar refractivity (Wildman–Crippen MR) is 82.2 cm³/mol. The number of benzene rings is 1. The summed E-state index contributed by atoms with van der Waals surface area (Å²) < 4.78 is 26.5. The lowest BCUT2D eigenvalue weighted by Crippen LogP contribution is -2.17. The van der Waals surface area contributed by atoms with E-state index < -0.39 is 16.0 Å². The zero-order chi connectivity index (χ0) is 16.3. The Kier molecular flexibility index (Phi) is 4.46. The van der Waals surface area contributed by atoms with Gasteiger partial charge in [-0.2, -0.15) is 0 Å². The molecule has 0 unspecified atom stereocenters. The Morgan fingerprint density at radius 1 is 1.14 bits per heavy atom. The highest BCUT2D eigenvalue weighted by Crippen LogP contribution is 2.18. The molecule has 0 N–H and O–H groups in total. The Hall–Kier alpha value is -2.41. The molecule has 0 atom stereocenters. The second kappa shape index (κ2) is 6.15. The molecule has 0 aliphatic carbocycles. The first kappa shape index (κ1) is 16.0. The lowest BCUT2D eigenvalue weighted by atomic mass is 10.2. The Labute approximate surface area is 129 Å². The topological polar surface area (TPSA) is 77.7 Å². The molecule has 1 aromatic heterocycles. The molecule has 0 saturated carbocycles. The van der Waals surface area contributed by atoms with Crippen molar-refractivity contribution in [2.45, 2.75) is 25.7 Å². The van der Waals surface area contributed by atoms with Crippen LogP contribution in [0, 0.1) is 6.92 Å². The Morgan fingerprint density at radius 2 is 1.77 bits per heavy atom. The molecule has 0 bridgehead atoms. The fraction of sp³-hybridized carbons (Fsp3) is 0.200. The first-order chi connectivity index (χ1) is 10.3. The van der Waals surface area contributed by atoms with Crippen molar-refractivity contribution in [3.8, 4) is 0 Å². The van der Waals surface area contributed by atoms with Crippen LogP contribution in [0.3, 0.4) is 0 Å². The molecule has 22 heavy (non-hydrogen) atoms. The predicted octanol–water partition coefficient (Wildman–Crippen LogP) is 2.32. The maximum absolute atomic E-state index is 12.7. The van der Waals surface area contributed by atoms with E-state index in [1.54, 1.807) is 43.3 Å². The monoisotopic (exact) mass is 320 g/mol. The average Bonchev–Trinajstić information content (AvgIpc) is 2.95. The number of aryl methyl sites for hydroxylation is 1. The van der Waals surface area contributed by atoms with Gasteiger partial charge in [0.15, 0.2) is 0 Å². The molecule has 116 valence electrons. The quantitative estimate of drug-likeness (QED) is 0.492. The highest BCUT2D eigenvalue weighted by atomic mass is 32.2. The van der Waals surface area contributed by atoms with E-state index in [4.69, 9.17) is 0 Å². The molecular formula is C15H16N2O4S. The van der Waals surface area contributed by atoms with Crippen LogP contribution < -0.4 is 0 Å². The van der Waals surface area contributed by atoms with Crippen LogP contribution in [0.4, 0.5) is 0 Å². The van der Waals surface area contributed by atoms with E-state index in [0.717, 1.165) is 9.54 Å². The molecule has 6 nitrogen and oxygen atoms in total. The number of aromatic nitrogens is 1. The molecule has 1 aromatic carbocycles. The third kappa shape index (κ3) is 3.25. The van der Waals surface area contributed by atoms with Gasteiger partial charge in [-0.05, 0) is 38.1 Å². The van der Waals surface area contributed by atoms with Crippen molar-refractivity contribution < 1.29 is 18.0 Å². The van der Waals surface area contributed by atoms with Crippen LogP contribution in [-0.2, 0) is 19.7 Å². The lowest BCUT2D eigenvalue weighted by Gasteiger charge is -2.10. The summed E-state index contributed by atoms with van der Waals surface area (Å²) in [4.78, 5) is 15.5. The van der Waals surface area contributed by atoms with Crippen LogP contribution in [0.5, 0.6) is 0 Å². The fourth-order valence-electron chi connectivity index (χ4n) is 1.86. The van der Waals surface area contributed by atoms with E-state index in [0.29, 0.717) is 5.69 Å². The van der Waals surface area contributed by atoms with Gasteiger partial charge in [-0.15, -0.1) is 0 Å². The highest BCUT2D eigenvalue weighted by Gasteiger charge is 2.20. The van der Waals surface area contributed by atoms with Gasteiger partial charge in [-0.3, -0.25) is 0 Å². The van der Waals surface area contributed by atoms with E-state index >= 15 is 0 Å². The molecule has 0 fully saturated rings. The number of hydrogen-bond donors (Lipinski definition) is 0. The minimum absolute atomic E-state index is 0.177. The summed E-state index contributed by atoms with van der Waals surface area (Å²) in [5.74, 6) is -0.571. The third-order valence-corrected chi connectivity index (χ3v) is 4.68. The van der Waals surface area contributed by atoms with Crippen molar-refractivity contribution >= 4 is 21.7 Å². The fourth-order valence-corrected chi connectivity index (χ4v) is 3.25. The standard InChI is InChI=1S/C15H16N2O4S/c1-11-6-8-14(9-7-11)22(19,20)17-10-4-5-15(17)12(2)16-21-13(3)18/h4-10H,1-3H3/b16-12+. The Balaban J connectivity index is 2.46. The summed E-state index contributed by atoms with van der Waals surface area (Å²) in [7, 11) is -3.73. The number of carbonyl (C=O) groups excluding carboxylic acids is 1. The largest absolute Gasteiger partial charge is 0.331 e. The minimum atomic E-state index is -3.73. The number of carbonyl (C=O) groups is 1. The summed E-state index contributed by atoms with van der Waals surface area (Å²) >= 11 is 0. The minimum Gasteiger partial charge on any atom is -0.318 e. The molecule has 0 aliphatic heterocycles. The van der Waals surface area contributed by atoms with Crippen molar-refractivity contribution in [3.05, 3.63) is 53.9 Å². The maximum Gasteiger partial charge on any atom is 0.331 e. The zero-order valence-electron chi connectivity index (χ0n) is 12.5.